The Balaban J connectivity index is 1.71. The van der Waals surface area contributed by atoms with E-state index in [2.05, 4.69) is 0 Å². The fraction of sp³-hybridized carbons (Fsp3) is 1.00. The Kier molecular flexibility index (Phi) is 53.4. The van der Waals surface area contributed by atoms with Crippen LogP contribution < -0.4 is 0 Å². The van der Waals surface area contributed by atoms with Crippen LogP contribution >= 0.6 is 0 Å². The van der Waals surface area contributed by atoms with Crippen LogP contribution in [0.25, 0.3) is 0 Å². The summed E-state index contributed by atoms with van der Waals surface area (Å²) >= 11 is 0. The highest BCUT2D eigenvalue weighted by Crippen LogP contribution is 2.16. The van der Waals surface area contributed by atoms with Gasteiger partial charge in [0.1, 0.15) is 0 Å². The Morgan fingerprint density at radius 2 is 0.600 bits per heavy atom. The first-order valence-electron chi connectivity index (χ1n) is 24.1. The third-order valence-corrected chi connectivity index (χ3v) is 8.63. The third kappa shape index (κ3) is 50.9. The highest BCUT2D eigenvalue weighted by molar-refractivity contribution is 4.56. The van der Waals surface area contributed by atoms with E-state index >= 15 is 0 Å². The number of hydrogen-bond acceptors (Lipinski definition) is 20. The second-order valence-electron chi connectivity index (χ2n) is 14.0. The molecule has 65 heavy (non-hydrogen) atoms. The maximum Gasteiger partial charge on any atom is 0.183 e. The van der Waals surface area contributed by atoms with Gasteiger partial charge in [0, 0.05) is 39.6 Å². The fourth-order valence-electron chi connectivity index (χ4n) is 5.30. The Bertz CT molecular complexity index is 865. The Morgan fingerprint density at radius 3 is 0.892 bits per heavy atom. The lowest BCUT2D eigenvalue weighted by molar-refractivity contribution is -0.268. The molecule has 0 bridgehead atoms. The molecule has 0 radical (unpaired) electrons. The molecule has 1 fully saturated rings. The van der Waals surface area contributed by atoms with Gasteiger partial charge in [0.15, 0.2) is 12.6 Å². The largest absolute Gasteiger partial charge is 0.379 e. The first-order valence-corrected chi connectivity index (χ1v) is 24.1. The summed E-state index contributed by atoms with van der Waals surface area (Å²) in [6.45, 7) is 23.2. The van der Waals surface area contributed by atoms with E-state index < -0.39 is 6.29 Å². The molecule has 2 unspecified atom stereocenters. The lowest BCUT2D eigenvalue weighted by Gasteiger charge is -2.27. The standard InChI is InChI=1S/C45H90O20/c1-3-46-15-17-51-25-26-56-33-34-60-38-35-57-30-27-53-22-19-48-10-7-11-49-20-23-54-28-31-58-36-39-61-40-37-59-32-29-55-24-21-50-12-8-14-64-45(65-44-9-5-6-13-63-44)43-62-42-41-52-18-16-47-4-2/h44-45H,3-43H2,1-2H3. The van der Waals surface area contributed by atoms with Gasteiger partial charge < -0.3 is 94.7 Å². The Morgan fingerprint density at radius 1 is 0.323 bits per heavy atom. The first-order chi connectivity index (χ1) is 32.4. The van der Waals surface area contributed by atoms with Crippen molar-refractivity contribution < 1.29 is 94.7 Å². The monoisotopic (exact) mass is 951 g/mol. The minimum atomic E-state index is -0.504. The van der Waals surface area contributed by atoms with Crippen LogP contribution in [0.4, 0.5) is 0 Å². The third-order valence-electron chi connectivity index (χ3n) is 8.63. The molecule has 20 heteroatoms. The van der Waals surface area contributed by atoms with Gasteiger partial charge in [0.05, 0.1) is 198 Å². The summed E-state index contributed by atoms with van der Waals surface area (Å²) in [5.41, 5.74) is 0. The van der Waals surface area contributed by atoms with E-state index in [1.165, 1.54) is 0 Å². The minimum absolute atomic E-state index is 0.261. The van der Waals surface area contributed by atoms with Crippen LogP contribution in [-0.2, 0) is 94.7 Å². The average Bonchev–Trinajstić information content (AvgIpc) is 3.32. The van der Waals surface area contributed by atoms with Crippen molar-refractivity contribution in [1.82, 2.24) is 0 Å². The van der Waals surface area contributed by atoms with E-state index in [4.69, 9.17) is 94.7 Å². The van der Waals surface area contributed by atoms with Crippen molar-refractivity contribution in [3.63, 3.8) is 0 Å². The second-order valence-corrected chi connectivity index (χ2v) is 14.0. The summed E-state index contributed by atoms with van der Waals surface area (Å²) < 4.78 is 111. The molecule has 0 aromatic heterocycles. The quantitative estimate of drug-likeness (QED) is 0.0640. The van der Waals surface area contributed by atoms with Gasteiger partial charge in [-0.25, -0.2) is 0 Å². The molecule has 0 aromatic carbocycles. The summed E-state index contributed by atoms with van der Waals surface area (Å²) in [6, 6.07) is 0. The van der Waals surface area contributed by atoms with E-state index in [9.17, 15) is 0 Å². The molecule has 1 saturated heterocycles. The molecule has 0 spiro atoms. The predicted octanol–water partition coefficient (Wildman–Crippen LogP) is 2.97. The fourth-order valence-corrected chi connectivity index (χ4v) is 5.30. The van der Waals surface area contributed by atoms with Gasteiger partial charge in [-0.15, -0.1) is 0 Å². The average molecular weight is 951 g/mol. The van der Waals surface area contributed by atoms with Crippen LogP contribution in [-0.4, -0.2) is 250 Å². The van der Waals surface area contributed by atoms with Crippen LogP contribution in [0.15, 0.2) is 0 Å². The molecule has 0 amide bonds. The van der Waals surface area contributed by atoms with Crippen LogP contribution in [0.1, 0.15) is 46.0 Å². The first kappa shape index (κ1) is 62.2. The van der Waals surface area contributed by atoms with Gasteiger partial charge in [-0.05, 0) is 46.0 Å². The molecule has 0 aromatic rings. The molecule has 0 aliphatic carbocycles. The van der Waals surface area contributed by atoms with Gasteiger partial charge in [-0.1, -0.05) is 0 Å². The summed E-state index contributed by atoms with van der Waals surface area (Å²) in [5, 5.41) is 0. The van der Waals surface area contributed by atoms with Gasteiger partial charge in [0.2, 0.25) is 0 Å². The van der Waals surface area contributed by atoms with Crippen molar-refractivity contribution in [3.8, 4) is 0 Å². The zero-order chi connectivity index (χ0) is 46.3. The lowest BCUT2D eigenvalue weighted by Crippen LogP contribution is -2.33. The molecule has 0 saturated carbocycles. The molecule has 1 rings (SSSR count). The van der Waals surface area contributed by atoms with Gasteiger partial charge in [-0.3, -0.25) is 0 Å². The van der Waals surface area contributed by atoms with Crippen molar-refractivity contribution in [1.29, 1.82) is 0 Å². The van der Waals surface area contributed by atoms with Crippen molar-refractivity contribution in [2.45, 2.75) is 58.5 Å². The molecule has 390 valence electrons. The number of hydrogen-bond donors (Lipinski definition) is 0. The van der Waals surface area contributed by atoms with Crippen molar-refractivity contribution in [2.75, 3.05) is 238 Å². The number of rotatable bonds is 57. The maximum absolute atomic E-state index is 6.00. The lowest BCUT2D eigenvalue weighted by atomic mass is 10.2. The minimum Gasteiger partial charge on any atom is -0.379 e. The highest BCUT2D eigenvalue weighted by Gasteiger charge is 2.20. The Hall–Kier alpha value is -0.800. The second kappa shape index (κ2) is 55.8. The SMILES string of the molecule is CCOCCOCCOCCOCCOCCOCCOCCCOCCOCCOCCOCCOCCOCCOCCCOC(COCCOCCOCC)OC1CCCCO1. The van der Waals surface area contributed by atoms with Crippen molar-refractivity contribution >= 4 is 0 Å². The molecule has 1 aliphatic heterocycles. The van der Waals surface area contributed by atoms with Crippen molar-refractivity contribution in [3.05, 3.63) is 0 Å². The summed E-state index contributed by atoms with van der Waals surface area (Å²) in [6.07, 6.45) is 3.77. The van der Waals surface area contributed by atoms with Crippen LogP contribution in [0.2, 0.25) is 0 Å². The van der Waals surface area contributed by atoms with E-state index in [-0.39, 0.29) is 6.29 Å². The Labute approximate surface area is 390 Å². The molecule has 0 N–H and O–H groups in total. The summed E-state index contributed by atoms with van der Waals surface area (Å²) in [7, 11) is 0. The molecule has 20 nitrogen and oxygen atoms in total. The molecule has 1 aliphatic rings. The van der Waals surface area contributed by atoms with E-state index in [1.807, 2.05) is 13.8 Å². The normalized spacial score (nSPS) is 14.8. The predicted molar refractivity (Wildman–Crippen MR) is 239 cm³/mol. The van der Waals surface area contributed by atoms with E-state index in [1.54, 1.807) is 0 Å². The van der Waals surface area contributed by atoms with Crippen molar-refractivity contribution in [2.24, 2.45) is 0 Å². The summed E-state index contributed by atoms with van der Waals surface area (Å²) in [4.78, 5) is 0. The van der Waals surface area contributed by atoms with E-state index in [0.29, 0.717) is 238 Å². The maximum atomic E-state index is 6.00. The zero-order valence-electron chi connectivity index (χ0n) is 40.3. The molecule has 2 atom stereocenters. The van der Waals surface area contributed by atoms with Crippen LogP contribution in [0.5, 0.6) is 0 Å². The van der Waals surface area contributed by atoms with Gasteiger partial charge in [-0.2, -0.15) is 0 Å². The smallest absolute Gasteiger partial charge is 0.183 e. The molecule has 1 heterocycles. The summed E-state index contributed by atoms with van der Waals surface area (Å²) in [5.74, 6) is 0. The van der Waals surface area contributed by atoms with Gasteiger partial charge in [0.25, 0.3) is 0 Å². The van der Waals surface area contributed by atoms with Crippen LogP contribution in [0.3, 0.4) is 0 Å². The zero-order valence-corrected chi connectivity index (χ0v) is 40.3. The molecular formula is C45H90O20. The van der Waals surface area contributed by atoms with Gasteiger partial charge >= 0.3 is 0 Å². The van der Waals surface area contributed by atoms with E-state index in [0.717, 1.165) is 32.1 Å². The highest BCUT2D eigenvalue weighted by atomic mass is 16.8. The molecular weight excluding hydrogens is 860 g/mol. The topological polar surface area (TPSA) is 185 Å². The van der Waals surface area contributed by atoms with Crippen LogP contribution in [0, 0.1) is 0 Å². The number of ether oxygens (including phenoxy) is 20.